The number of hydrogen-bond acceptors (Lipinski definition) is 2. The molecule has 0 spiro atoms. The van der Waals surface area contributed by atoms with Gasteiger partial charge >= 0.3 is 6.03 Å². The molecule has 0 aromatic carbocycles. The number of amides is 2. The lowest BCUT2D eigenvalue weighted by atomic mass is 9.97. The van der Waals surface area contributed by atoms with Crippen LogP contribution in [0, 0.1) is 17.8 Å². The summed E-state index contributed by atoms with van der Waals surface area (Å²) in [7, 11) is 0. The Morgan fingerprint density at radius 2 is 1.81 bits per heavy atom. The number of piperidine rings is 1. The monoisotopic (exact) mass is 293 g/mol. The maximum atomic E-state index is 12.1. The quantitative estimate of drug-likeness (QED) is 0.790. The summed E-state index contributed by atoms with van der Waals surface area (Å²) in [6, 6.07) is 1.15. The van der Waals surface area contributed by atoms with E-state index in [1.165, 1.54) is 45.1 Å². The van der Waals surface area contributed by atoms with Crippen LogP contribution in [0.5, 0.6) is 0 Å². The lowest BCUT2D eigenvalue weighted by Gasteiger charge is -2.35. The first-order valence-corrected chi connectivity index (χ1v) is 8.92. The van der Waals surface area contributed by atoms with Crippen molar-refractivity contribution in [2.45, 2.75) is 64.5 Å². The van der Waals surface area contributed by atoms with E-state index in [1.54, 1.807) is 0 Å². The molecule has 0 unspecified atom stereocenters. The molecule has 0 bridgehead atoms. The molecule has 4 heteroatoms. The predicted octanol–water partition coefficient (Wildman–Crippen LogP) is 2.59. The van der Waals surface area contributed by atoms with Crippen LogP contribution in [0.4, 0.5) is 4.79 Å². The average Bonchev–Trinajstić information content (AvgIpc) is 3.36. The van der Waals surface area contributed by atoms with Crippen LogP contribution < -0.4 is 10.6 Å². The molecule has 21 heavy (non-hydrogen) atoms. The first kappa shape index (κ1) is 15.1. The van der Waals surface area contributed by atoms with E-state index in [9.17, 15) is 4.79 Å². The molecule has 4 nitrogen and oxygen atoms in total. The van der Waals surface area contributed by atoms with Crippen LogP contribution in [-0.2, 0) is 0 Å². The summed E-state index contributed by atoms with van der Waals surface area (Å²) in [5.41, 5.74) is 0. The van der Waals surface area contributed by atoms with E-state index in [2.05, 4.69) is 29.4 Å². The molecule has 120 valence electrons. The maximum absolute atomic E-state index is 12.1. The molecule has 0 aromatic rings. The van der Waals surface area contributed by atoms with E-state index in [0.717, 1.165) is 24.9 Å². The van der Waals surface area contributed by atoms with Gasteiger partial charge in [-0.15, -0.1) is 0 Å². The minimum absolute atomic E-state index is 0.0699. The van der Waals surface area contributed by atoms with Crippen molar-refractivity contribution in [1.82, 2.24) is 15.5 Å². The molecular weight excluding hydrogens is 262 g/mol. The minimum Gasteiger partial charge on any atom is -0.338 e. The normalized spacial score (nSPS) is 27.1. The minimum atomic E-state index is 0.0699. The van der Waals surface area contributed by atoms with Crippen LogP contribution in [-0.4, -0.2) is 42.6 Å². The summed E-state index contributed by atoms with van der Waals surface area (Å²) in [4.78, 5) is 14.7. The van der Waals surface area contributed by atoms with Crippen molar-refractivity contribution in [3.05, 3.63) is 0 Å². The van der Waals surface area contributed by atoms with Crippen molar-refractivity contribution in [3.8, 4) is 0 Å². The highest BCUT2D eigenvalue weighted by atomic mass is 16.2. The molecule has 1 atom stereocenters. The first-order valence-electron chi connectivity index (χ1n) is 8.92. The number of nitrogens with one attached hydrogen (secondary N) is 2. The van der Waals surface area contributed by atoms with Crippen molar-refractivity contribution in [2.24, 2.45) is 17.8 Å². The number of urea groups is 1. The van der Waals surface area contributed by atoms with Gasteiger partial charge in [0.2, 0.25) is 0 Å². The molecule has 0 radical (unpaired) electrons. The first-order chi connectivity index (χ1) is 10.1. The van der Waals surface area contributed by atoms with E-state index >= 15 is 0 Å². The van der Waals surface area contributed by atoms with Crippen molar-refractivity contribution in [2.75, 3.05) is 19.6 Å². The lowest BCUT2D eigenvalue weighted by molar-refractivity contribution is 0.139. The number of likely N-dealkylation sites (tertiary alicyclic amines) is 1. The van der Waals surface area contributed by atoms with Gasteiger partial charge in [0.05, 0.1) is 0 Å². The highest BCUT2D eigenvalue weighted by molar-refractivity contribution is 5.74. The fraction of sp³-hybridized carbons (Fsp3) is 0.941. The SMILES string of the molecule is CC(C)N1CCC[C@@H](CNC(=O)NC(C2CC2)C2CC2)C1. The summed E-state index contributed by atoms with van der Waals surface area (Å²) >= 11 is 0. The third kappa shape index (κ3) is 4.35. The fourth-order valence-electron chi connectivity index (χ4n) is 3.70. The Balaban J connectivity index is 1.38. The van der Waals surface area contributed by atoms with Crippen molar-refractivity contribution >= 4 is 6.03 Å². The van der Waals surface area contributed by atoms with Gasteiger partial charge in [0.1, 0.15) is 0 Å². The van der Waals surface area contributed by atoms with Crippen molar-refractivity contribution in [3.63, 3.8) is 0 Å². The number of carbonyl (C=O) groups is 1. The molecule has 1 saturated heterocycles. The molecule has 2 N–H and O–H groups in total. The number of nitrogens with zero attached hydrogens (tertiary/aromatic N) is 1. The Morgan fingerprint density at radius 3 is 2.38 bits per heavy atom. The Kier molecular flexibility index (Phi) is 4.72. The molecule has 2 aliphatic carbocycles. The van der Waals surface area contributed by atoms with Gasteiger partial charge in [0, 0.05) is 25.2 Å². The molecule has 2 saturated carbocycles. The second-order valence-corrected chi connectivity index (χ2v) is 7.65. The van der Waals surface area contributed by atoms with E-state index in [4.69, 9.17) is 0 Å². The number of carbonyl (C=O) groups excluding carboxylic acids is 1. The average molecular weight is 293 g/mol. The lowest BCUT2D eigenvalue weighted by Crippen LogP contribution is -2.48. The topological polar surface area (TPSA) is 44.4 Å². The summed E-state index contributed by atoms with van der Waals surface area (Å²) < 4.78 is 0. The fourth-order valence-corrected chi connectivity index (χ4v) is 3.70. The molecule has 0 aromatic heterocycles. The van der Waals surface area contributed by atoms with E-state index in [1.807, 2.05) is 0 Å². The zero-order chi connectivity index (χ0) is 14.8. The standard InChI is InChI=1S/C17H31N3O/c1-12(2)20-9-3-4-13(11-20)10-18-17(21)19-16(14-5-6-14)15-7-8-15/h12-16H,3-11H2,1-2H3,(H2,18,19,21)/t13-/m0/s1. The highest BCUT2D eigenvalue weighted by Crippen LogP contribution is 2.44. The molecule has 1 aliphatic heterocycles. The molecule has 3 fully saturated rings. The number of rotatable bonds is 6. The van der Waals surface area contributed by atoms with E-state index < -0.39 is 0 Å². The predicted molar refractivity (Wildman–Crippen MR) is 85.2 cm³/mol. The third-order valence-electron chi connectivity index (χ3n) is 5.39. The van der Waals surface area contributed by atoms with Crippen LogP contribution in [0.2, 0.25) is 0 Å². The van der Waals surface area contributed by atoms with Crippen LogP contribution >= 0.6 is 0 Å². The Hall–Kier alpha value is -0.770. The second-order valence-electron chi connectivity index (χ2n) is 7.65. The zero-order valence-corrected chi connectivity index (χ0v) is 13.6. The summed E-state index contributed by atoms with van der Waals surface area (Å²) in [6.45, 7) is 7.70. The van der Waals surface area contributed by atoms with Crippen molar-refractivity contribution in [1.29, 1.82) is 0 Å². The second kappa shape index (κ2) is 6.55. The molecular formula is C17H31N3O. The Bertz CT molecular complexity index is 351. The zero-order valence-electron chi connectivity index (χ0n) is 13.6. The van der Waals surface area contributed by atoms with Crippen LogP contribution in [0.25, 0.3) is 0 Å². The summed E-state index contributed by atoms with van der Waals surface area (Å²) in [5.74, 6) is 2.16. The van der Waals surface area contributed by atoms with Gasteiger partial charge in [-0.05, 0) is 76.7 Å². The van der Waals surface area contributed by atoms with Crippen LogP contribution in [0.15, 0.2) is 0 Å². The molecule has 3 aliphatic rings. The third-order valence-corrected chi connectivity index (χ3v) is 5.39. The van der Waals surface area contributed by atoms with Crippen molar-refractivity contribution < 1.29 is 4.79 Å². The summed E-state index contributed by atoms with van der Waals surface area (Å²) in [6.07, 6.45) is 7.76. The van der Waals surface area contributed by atoms with E-state index in [0.29, 0.717) is 18.0 Å². The Morgan fingerprint density at radius 1 is 1.14 bits per heavy atom. The van der Waals surface area contributed by atoms with Gasteiger partial charge in [0.15, 0.2) is 0 Å². The number of hydrogen-bond donors (Lipinski definition) is 2. The van der Waals surface area contributed by atoms with Gasteiger partial charge in [-0.3, -0.25) is 0 Å². The Labute approximate surface area is 129 Å². The van der Waals surface area contributed by atoms with Gasteiger partial charge < -0.3 is 15.5 Å². The van der Waals surface area contributed by atoms with Crippen LogP contribution in [0.1, 0.15) is 52.4 Å². The summed E-state index contributed by atoms with van der Waals surface area (Å²) in [5, 5.41) is 6.38. The van der Waals surface area contributed by atoms with E-state index in [-0.39, 0.29) is 6.03 Å². The van der Waals surface area contributed by atoms with Gasteiger partial charge in [-0.25, -0.2) is 4.79 Å². The smallest absolute Gasteiger partial charge is 0.315 e. The largest absolute Gasteiger partial charge is 0.338 e. The molecule has 2 amide bonds. The van der Waals surface area contributed by atoms with Crippen LogP contribution in [0.3, 0.4) is 0 Å². The van der Waals surface area contributed by atoms with Gasteiger partial charge in [-0.2, -0.15) is 0 Å². The highest BCUT2D eigenvalue weighted by Gasteiger charge is 2.42. The molecule has 3 rings (SSSR count). The van der Waals surface area contributed by atoms with Gasteiger partial charge in [0.25, 0.3) is 0 Å². The maximum Gasteiger partial charge on any atom is 0.315 e. The van der Waals surface area contributed by atoms with Gasteiger partial charge in [-0.1, -0.05) is 0 Å². The molecule has 1 heterocycles.